The highest BCUT2D eigenvalue weighted by atomic mass is 35.5. The van der Waals surface area contributed by atoms with Gasteiger partial charge in [-0.15, -0.1) is 0 Å². The third-order valence-electron chi connectivity index (χ3n) is 2.18. The number of carbonyl (C=O) groups excluding carboxylic acids is 1. The fraction of sp³-hybridized carbons (Fsp3) is 0.300. The first-order valence-electron chi connectivity index (χ1n) is 4.63. The minimum absolute atomic E-state index is 0.00497. The number of benzene rings is 1. The highest BCUT2D eigenvalue weighted by Gasteiger charge is 2.21. The van der Waals surface area contributed by atoms with E-state index in [9.17, 15) is 13.2 Å². The van der Waals surface area contributed by atoms with Crippen molar-refractivity contribution in [1.82, 2.24) is 0 Å². The highest BCUT2D eigenvalue weighted by molar-refractivity contribution is 7.91. The standard InChI is InChI=1S/C10H10Cl2O4S/c1-3-17(14,15)9-4-6(10(12)13)8(16-2)5-7(9)11/h4-5H,3H2,1-2H3. The Hall–Kier alpha value is -0.780. The van der Waals surface area contributed by atoms with Gasteiger partial charge in [-0.1, -0.05) is 18.5 Å². The van der Waals surface area contributed by atoms with E-state index in [0.29, 0.717) is 0 Å². The molecule has 1 aromatic carbocycles. The number of carbonyl (C=O) groups is 1. The van der Waals surface area contributed by atoms with Crippen LogP contribution in [0.1, 0.15) is 17.3 Å². The highest BCUT2D eigenvalue weighted by Crippen LogP contribution is 2.31. The fourth-order valence-electron chi connectivity index (χ4n) is 1.25. The van der Waals surface area contributed by atoms with Gasteiger partial charge in [0.05, 0.1) is 28.3 Å². The van der Waals surface area contributed by atoms with Gasteiger partial charge in [0.25, 0.3) is 5.24 Å². The van der Waals surface area contributed by atoms with E-state index in [1.54, 1.807) is 0 Å². The minimum atomic E-state index is -3.51. The Balaban J connectivity index is 3.56. The van der Waals surface area contributed by atoms with E-state index in [1.165, 1.54) is 20.1 Å². The normalized spacial score (nSPS) is 11.3. The number of hydrogen-bond donors (Lipinski definition) is 0. The summed E-state index contributed by atoms with van der Waals surface area (Å²) in [5.41, 5.74) is -0.0226. The molecule has 17 heavy (non-hydrogen) atoms. The van der Waals surface area contributed by atoms with Gasteiger partial charge in [0.1, 0.15) is 5.75 Å². The number of hydrogen-bond acceptors (Lipinski definition) is 4. The van der Waals surface area contributed by atoms with Crippen molar-refractivity contribution in [2.45, 2.75) is 11.8 Å². The zero-order valence-electron chi connectivity index (χ0n) is 9.16. The number of ether oxygens (including phenoxy) is 1. The molecular formula is C10H10Cl2O4S. The van der Waals surface area contributed by atoms with Crippen LogP contribution in [0, 0.1) is 0 Å². The quantitative estimate of drug-likeness (QED) is 0.801. The number of sulfone groups is 1. The van der Waals surface area contributed by atoms with Crippen LogP contribution in [0.15, 0.2) is 17.0 Å². The van der Waals surface area contributed by atoms with Crippen molar-refractivity contribution in [2.24, 2.45) is 0 Å². The maximum Gasteiger partial charge on any atom is 0.256 e. The fourth-order valence-corrected chi connectivity index (χ4v) is 2.87. The monoisotopic (exact) mass is 296 g/mol. The zero-order valence-corrected chi connectivity index (χ0v) is 11.5. The first kappa shape index (κ1) is 14.3. The second-order valence-electron chi connectivity index (χ2n) is 3.16. The molecule has 0 saturated carbocycles. The molecule has 0 fully saturated rings. The molecule has 1 aromatic rings. The lowest BCUT2D eigenvalue weighted by molar-refractivity contribution is 0.107. The summed E-state index contributed by atoms with van der Waals surface area (Å²) in [5, 5.41) is -0.795. The Morgan fingerprint density at radius 1 is 1.41 bits per heavy atom. The lowest BCUT2D eigenvalue weighted by Gasteiger charge is -2.09. The summed E-state index contributed by atoms with van der Waals surface area (Å²) in [6.07, 6.45) is 0. The van der Waals surface area contributed by atoms with E-state index in [2.05, 4.69) is 0 Å². The van der Waals surface area contributed by atoms with Crippen LogP contribution in [0.3, 0.4) is 0 Å². The van der Waals surface area contributed by atoms with Gasteiger partial charge >= 0.3 is 0 Å². The Labute approximate surface area is 109 Å². The molecule has 4 nitrogen and oxygen atoms in total. The molecule has 0 radical (unpaired) electrons. The van der Waals surface area contributed by atoms with Crippen LogP contribution in [0.5, 0.6) is 5.75 Å². The van der Waals surface area contributed by atoms with Crippen molar-refractivity contribution in [2.75, 3.05) is 12.9 Å². The molecule has 0 unspecified atom stereocenters. The topological polar surface area (TPSA) is 60.4 Å². The molecule has 0 atom stereocenters. The predicted molar refractivity (Wildman–Crippen MR) is 65.9 cm³/mol. The largest absolute Gasteiger partial charge is 0.496 e. The molecule has 0 aliphatic carbocycles. The second kappa shape index (κ2) is 5.25. The van der Waals surface area contributed by atoms with E-state index < -0.39 is 15.1 Å². The van der Waals surface area contributed by atoms with Crippen molar-refractivity contribution in [3.8, 4) is 5.75 Å². The summed E-state index contributed by atoms with van der Waals surface area (Å²) in [7, 11) is -2.17. The van der Waals surface area contributed by atoms with Crippen molar-refractivity contribution in [3.05, 3.63) is 22.7 Å². The van der Waals surface area contributed by atoms with E-state index in [0.717, 1.165) is 6.07 Å². The Morgan fingerprint density at radius 2 is 2.00 bits per heavy atom. The Morgan fingerprint density at radius 3 is 2.41 bits per heavy atom. The van der Waals surface area contributed by atoms with Crippen LogP contribution in [-0.4, -0.2) is 26.5 Å². The summed E-state index contributed by atoms with van der Waals surface area (Å²) in [5.74, 6) is 0.0275. The first-order valence-corrected chi connectivity index (χ1v) is 7.04. The summed E-state index contributed by atoms with van der Waals surface area (Å²) in [6.45, 7) is 1.48. The van der Waals surface area contributed by atoms with Crippen molar-refractivity contribution < 1.29 is 17.9 Å². The molecule has 0 spiro atoms. The van der Waals surface area contributed by atoms with Crippen LogP contribution in [0.25, 0.3) is 0 Å². The number of halogens is 2. The maximum atomic E-state index is 11.7. The van der Waals surface area contributed by atoms with Crippen LogP contribution >= 0.6 is 23.2 Å². The lowest BCUT2D eigenvalue weighted by atomic mass is 10.2. The molecule has 0 amide bonds. The van der Waals surface area contributed by atoms with Crippen molar-refractivity contribution in [1.29, 1.82) is 0 Å². The lowest BCUT2D eigenvalue weighted by Crippen LogP contribution is -2.07. The van der Waals surface area contributed by atoms with E-state index in [1.807, 2.05) is 0 Å². The summed E-state index contributed by atoms with van der Waals surface area (Å²) >= 11 is 11.2. The van der Waals surface area contributed by atoms with Crippen LogP contribution in [0.4, 0.5) is 0 Å². The molecule has 0 aliphatic heterocycles. The maximum absolute atomic E-state index is 11.7. The Bertz CT molecular complexity index is 552. The van der Waals surface area contributed by atoms with Gasteiger partial charge in [-0.2, -0.15) is 0 Å². The van der Waals surface area contributed by atoms with Crippen LogP contribution < -0.4 is 4.74 Å². The third kappa shape index (κ3) is 2.91. The van der Waals surface area contributed by atoms with E-state index in [4.69, 9.17) is 27.9 Å². The average molecular weight is 297 g/mol. The van der Waals surface area contributed by atoms with Gasteiger partial charge in [0.15, 0.2) is 9.84 Å². The first-order chi connectivity index (χ1) is 7.83. The van der Waals surface area contributed by atoms with Crippen molar-refractivity contribution in [3.63, 3.8) is 0 Å². The van der Waals surface area contributed by atoms with Crippen LogP contribution in [0.2, 0.25) is 5.02 Å². The van der Waals surface area contributed by atoms with Gasteiger partial charge in [0.2, 0.25) is 0 Å². The van der Waals surface area contributed by atoms with Gasteiger partial charge in [0, 0.05) is 6.07 Å². The summed E-state index contributed by atoms with van der Waals surface area (Å²) in [4.78, 5) is 11.0. The molecule has 0 bridgehead atoms. The van der Waals surface area contributed by atoms with E-state index >= 15 is 0 Å². The molecular weight excluding hydrogens is 287 g/mol. The van der Waals surface area contributed by atoms with Crippen molar-refractivity contribution >= 4 is 38.3 Å². The molecule has 0 saturated heterocycles. The number of rotatable bonds is 4. The predicted octanol–water partition coefficient (Wildman–Crippen LogP) is 2.52. The van der Waals surface area contributed by atoms with Gasteiger partial charge < -0.3 is 4.74 Å². The molecule has 0 heterocycles. The molecule has 94 valence electrons. The van der Waals surface area contributed by atoms with E-state index in [-0.39, 0.29) is 27.0 Å². The molecule has 7 heteroatoms. The Kier molecular flexibility index (Phi) is 4.41. The van der Waals surface area contributed by atoms with Gasteiger partial charge in [-0.25, -0.2) is 8.42 Å². The van der Waals surface area contributed by atoms with Gasteiger partial charge in [-0.3, -0.25) is 4.79 Å². The second-order valence-corrected chi connectivity index (χ2v) is 6.16. The average Bonchev–Trinajstić information content (AvgIpc) is 2.27. The molecule has 0 aromatic heterocycles. The van der Waals surface area contributed by atoms with Crippen LogP contribution in [-0.2, 0) is 9.84 Å². The number of methoxy groups -OCH3 is 1. The third-order valence-corrected chi connectivity index (χ3v) is 4.58. The minimum Gasteiger partial charge on any atom is -0.496 e. The molecule has 0 N–H and O–H groups in total. The summed E-state index contributed by atoms with van der Waals surface area (Å²) in [6, 6.07) is 2.40. The summed E-state index contributed by atoms with van der Waals surface area (Å²) < 4.78 is 28.3. The van der Waals surface area contributed by atoms with Gasteiger partial charge in [-0.05, 0) is 17.7 Å². The zero-order chi connectivity index (χ0) is 13.2. The molecule has 0 aliphatic rings. The smallest absolute Gasteiger partial charge is 0.256 e. The molecule has 1 rings (SSSR count). The SMILES string of the molecule is CCS(=O)(=O)c1cc(C(=O)Cl)c(OC)cc1Cl.